The second-order valence-corrected chi connectivity index (χ2v) is 3.92. The molecule has 0 aliphatic heterocycles. The lowest BCUT2D eigenvalue weighted by Gasteiger charge is -2.14. The number of ether oxygens (including phenoxy) is 1. The molecule has 5 heteroatoms. The lowest BCUT2D eigenvalue weighted by atomic mass is 10.2. The van der Waals surface area contributed by atoms with Gasteiger partial charge in [-0.25, -0.2) is 0 Å². The van der Waals surface area contributed by atoms with Crippen LogP contribution in [0.4, 0.5) is 0 Å². The van der Waals surface area contributed by atoms with Gasteiger partial charge in [0, 0.05) is 18.5 Å². The number of hydrogen-bond acceptors (Lipinski definition) is 4. The van der Waals surface area contributed by atoms with Gasteiger partial charge in [-0.3, -0.25) is 9.48 Å². The second kappa shape index (κ2) is 5.07. The monoisotopic (exact) mass is 233 g/mol. The second-order valence-electron chi connectivity index (χ2n) is 3.92. The standard InChI is InChI=1S/C12H15N3O2/c1-17-8-9(13)7-15-11-5-3-2-4-10(11)12(16)6-14-15/h2-6,9H,7-8,13H2,1H3. The molecule has 0 saturated carbocycles. The van der Waals surface area contributed by atoms with Crippen LogP contribution in [0.1, 0.15) is 0 Å². The molecule has 1 aromatic carbocycles. The number of aromatic nitrogens is 2. The van der Waals surface area contributed by atoms with Gasteiger partial charge in [0.25, 0.3) is 0 Å². The van der Waals surface area contributed by atoms with Gasteiger partial charge >= 0.3 is 0 Å². The van der Waals surface area contributed by atoms with E-state index in [2.05, 4.69) is 5.10 Å². The topological polar surface area (TPSA) is 70.1 Å². The zero-order valence-corrected chi connectivity index (χ0v) is 9.67. The van der Waals surface area contributed by atoms with E-state index in [0.717, 1.165) is 5.52 Å². The highest BCUT2D eigenvalue weighted by molar-refractivity contribution is 5.77. The van der Waals surface area contributed by atoms with Crippen molar-refractivity contribution >= 4 is 10.9 Å². The van der Waals surface area contributed by atoms with E-state index in [0.29, 0.717) is 18.5 Å². The number of benzene rings is 1. The SMILES string of the molecule is COCC(N)Cn1ncc(=O)c2ccccc21. The Bertz CT molecular complexity index is 565. The minimum Gasteiger partial charge on any atom is -0.383 e. The van der Waals surface area contributed by atoms with Crippen LogP contribution in [0.25, 0.3) is 10.9 Å². The molecule has 0 aliphatic rings. The van der Waals surface area contributed by atoms with Crippen LogP contribution in [0.3, 0.4) is 0 Å². The molecule has 2 rings (SSSR count). The molecule has 1 atom stereocenters. The van der Waals surface area contributed by atoms with E-state index >= 15 is 0 Å². The van der Waals surface area contributed by atoms with E-state index in [4.69, 9.17) is 10.5 Å². The van der Waals surface area contributed by atoms with Crippen molar-refractivity contribution in [1.29, 1.82) is 0 Å². The molecule has 1 unspecified atom stereocenters. The van der Waals surface area contributed by atoms with Crippen LogP contribution in [-0.4, -0.2) is 29.5 Å². The average molecular weight is 233 g/mol. The van der Waals surface area contributed by atoms with Crippen molar-refractivity contribution in [3.63, 3.8) is 0 Å². The lowest BCUT2D eigenvalue weighted by Crippen LogP contribution is -2.32. The first-order chi connectivity index (χ1) is 8.22. The highest BCUT2D eigenvalue weighted by Gasteiger charge is 2.07. The number of hydrogen-bond donors (Lipinski definition) is 1. The molecule has 0 saturated heterocycles. The Balaban J connectivity index is 2.41. The molecule has 2 N–H and O–H groups in total. The molecule has 17 heavy (non-hydrogen) atoms. The summed E-state index contributed by atoms with van der Waals surface area (Å²) < 4.78 is 6.72. The van der Waals surface area contributed by atoms with Crippen LogP contribution in [0, 0.1) is 0 Å². The predicted octanol–water partition coefficient (Wildman–Crippen LogP) is 0.370. The van der Waals surface area contributed by atoms with E-state index in [9.17, 15) is 4.79 Å². The minimum absolute atomic E-state index is 0.0721. The Kier molecular flexibility index (Phi) is 3.51. The van der Waals surface area contributed by atoms with Gasteiger partial charge in [0.2, 0.25) is 5.43 Å². The number of nitrogens with two attached hydrogens (primary N) is 1. The maximum Gasteiger partial charge on any atom is 0.207 e. The maximum atomic E-state index is 11.6. The maximum absolute atomic E-state index is 11.6. The molecule has 0 bridgehead atoms. The summed E-state index contributed by atoms with van der Waals surface area (Å²) in [4.78, 5) is 11.6. The molecule has 0 amide bonds. The normalized spacial score (nSPS) is 12.8. The fourth-order valence-electron chi connectivity index (χ4n) is 1.80. The molecule has 1 heterocycles. The Morgan fingerprint density at radius 3 is 3.00 bits per heavy atom. The van der Waals surface area contributed by atoms with Gasteiger partial charge in [0.05, 0.1) is 24.9 Å². The van der Waals surface area contributed by atoms with E-state index in [1.807, 2.05) is 18.2 Å². The summed E-state index contributed by atoms with van der Waals surface area (Å²) in [6.07, 6.45) is 1.32. The van der Waals surface area contributed by atoms with Crippen molar-refractivity contribution in [2.45, 2.75) is 12.6 Å². The van der Waals surface area contributed by atoms with Gasteiger partial charge in [0.15, 0.2) is 0 Å². The summed E-state index contributed by atoms with van der Waals surface area (Å²) in [7, 11) is 1.61. The summed E-state index contributed by atoms with van der Waals surface area (Å²) in [6, 6.07) is 7.23. The third-order valence-electron chi connectivity index (χ3n) is 2.55. The molecule has 0 radical (unpaired) electrons. The van der Waals surface area contributed by atoms with Crippen LogP contribution in [0.5, 0.6) is 0 Å². The first-order valence-electron chi connectivity index (χ1n) is 5.41. The van der Waals surface area contributed by atoms with Crippen molar-refractivity contribution in [3.8, 4) is 0 Å². The van der Waals surface area contributed by atoms with Crippen LogP contribution >= 0.6 is 0 Å². The average Bonchev–Trinajstić information content (AvgIpc) is 2.34. The van der Waals surface area contributed by atoms with E-state index in [1.165, 1.54) is 6.20 Å². The number of rotatable bonds is 4. The molecule has 0 spiro atoms. The van der Waals surface area contributed by atoms with Crippen molar-refractivity contribution < 1.29 is 4.74 Å². The van der Waals surface area contributed by atoms with Crippen molar-refractivity contribution in [2.75, 3.05) is 13.7 Å². The Labute approximate surface area is 98.8 Å². The molecule has 2 aromatic rings. The van der Waals surface area contributed by atoms with Gasteiger partial charge in [0.1, 0.15) is 0 Å². The van der Waals surface area contributed by atoms with Crippen LogP contribution < -0.4 is 11.2 Å². The summed E-state index contributed by atoms with van der Waals surface area (Å²) in [6.45, 7) is 0.983. The molecular formula is C12H15N3O2. The first-order valence-corrected chi connectivity index (χ1v) is 5.41. The molecule has 0 fully saturated rings. The minimum atomic E-state index is -0.140. The summed E-state index contributed by atoms with van der Waals surface area (Å²) in [5.41, 5.74) is 6.61. The van der Waals surface area contributed by atoms with Gasteiger partial charge in [-0.05, 0) is 12.1 Å². The summed E-state index contributed by atoms with van der Waals surface area (Å²) in [5, 5.41) is 4.76. The molecule has 0 aliphatic carbocycles. The fourth-order valence-corrected chi connectivity index (χ4v) is 1.80. The van der Waals surface area contributed by atoms with Crippen molar-refractivity contribution in [3.05, 3.63) is 40.7 Å². The van der Waals surface area contributed by atoms with Crippen molar-refractivity contribution in [1.82, 2.24) is 9.78 Å². The Hall–Kier alpha value is -1.72. The highest BCUT2D eigenvalue weighted by atomic mass is 16.5. The van der Waals surface area contributed by atoms with Gasteiger partial charge in [-0.15, -0.1) is 0 Å². The van der Waals surface area contributed by atoms with Crippen LogP contribution in [0.2, 0.25) is 0 Å². The number of fused-ring (bicyclic) bond motifs is 1. The summed E-state index contributed by atoms with van der Waals surface area (Å²) in [5.74, 6) is 0. The Morgan fingerprint density at radius 1 is 1.47 bits per heavy atom. The first kappa shape index (κ1) is 11.8. The lowest BCUT2D eigenvalue weighted by molar-refractivity contribution is 0.172. The van der Waals surface area contributed by atoms with Crippen LogP contribution in [0.15, 0.2) is 35.3 Å². The smallest absolute Gasteiger partial charge is 0.207 e. The molecule has 90 valence electrons. The summed E-state index contributed by atoms with van der Waals surface area (Å²) >= 11 is 0. The zero-order chi connectivity index (χ0) is 12.3. The third-order valence-corrected chi connectivity index (χ3v) is 2.55. The van der Waals surface area contributed by atoms with Crippen LogP contribution in [-0.2, 0) is 11.3 Å². The molecule has 1 aromatic heterocycles. The number of nitrogens with zero attached hydrogens (tertiary/aromatic N) is 2. The number of para-hydroxylation sites is 1. The molecular weight excluding hydrogens is 218 g/mol. The fraction of sp³-hybridized carbons (Fsp3) is 0.333. The predicted molar refractivity (Wildman–Crippen MR) is 65.9 cm³/mol. The van der Waals surface area contributed by atoms with Gasteiger partial charge < -0.3 is 10.5 Å². The highest BCUT2D eigenvalue weighted by Crippen LogP contribution is 2.07. The van der Waals surface area contributed by atoms with E-state index < -0.39 is 0 Å². The quantitative estimate of drug-likeness (QED) is 0.828. The molecule has 5 nitrogen and oxygen atoms in total. The van der Waals surface area contributed by atoms with E-state index in [-0.39, 0.29) is 11.5 Å². The largest absolute Gasteiger partial charge is 0.383 e. The van der Waals surface area contributed by atoms with Gasteiger partial charge in [-0.1, -0.05) is 12.1 Å². The Morgan fingerprint density at radius 2 is 2.24 bits per heavy atom. The zero-order valence-electron chi connectivity index (χ0n) is 9.67. The van der Waals surface area contributed by atoms with Crippen molar-refractivity contribution in [2.24, 2.45) is 5.73 Å². The third kappa shape index (κ3) is 2.51. The number of methoxy groups -OCH3 is 1. The van der Waals surface area contributed by atoms with E-state index in [1.54, 1.807) is 17.9 Å². The van der Waals surface area contributed by atoms with Gasteiger partial charge in [-0.2, -0.15) is 5.10 Å².